The molecule has 0 amide bonds. The van der Waals surface area contributed by atoms with Gasteiger partial charge in [0.05, 0.1) is 5.52 Å². The van der Waals surface area contributed by atoms with Gasteiger partial charge in [-0.15, -0.1) is 0 Å². The number of rotatable bonds is 2. The average Bonchev–Trinajstić information content (AvgIpc) is 2.55. The van der Waals surface area contributed by atoms with Gasteiger partial charge in [-0.2, -0.15) is 0 Å². The van der Waals surface area contributed by atoms with E-state index >= 15 is 0 Å². The lowest BCUT2D eigenvalue weighted by Gasteiger charge is -2.11. The van der Waals surface area contributed by atoms with Crippen LogP contribution in [0.1, 0.15) is 26.3 Å². The van der Waals surface area contributed by atoms with Crippen LogP contribution in [0.15, 0.2) is 18.2 Å². The molecule has 0 aliphatic carbocycles. The molecule has 1 atom stereocenters. The van der Waals surface area contributed by atoms with Gasteiger partial charge in [0, 0.05) is 6.04 Å². The van der Waals surface area contributed by atoms with E-state index in [1.54, 1.807) is 6.07 Å². The lowest BCUT2D eigenvalue weighted by Crippen LogP contribution is -2.03. The highest BCUT2D eigenvalue weighted by Gasteiger charge is 2.11. The summed E-state index contributed by atoms with van der Waals surface area (Å²) in [7, 11) is 0. The van der Waals surface area contributed by atoms with Crippen LogP contribution in [0.3, 0.4) is 0 Å². The quantitative estimate of drug-likeness (QED) is 0.769. The zero-order valence-electron chi connectivity index (χ0n) is 8.75. The molecule has 4 heteroatoms. The van der Waals surface area contributed by atoms with E-state index < -0.39 is 0 Å². The Hall–Kier alpha value is -1.16. The third-order valence-electron chi connectivity index (χ3n) is 2.73. The van der Waals surface area contributed by atoms with Gasteiger partial charge in [-0.3, -0.25) is 0 Å². The third-order valence-corrected chi connectivity index (χ3v) is 3.03. The molecule has 0 bridgehead atoms. The molecular weight excluding hydrogens is 211 g/mol. The Balaban J connectivity index is 2.80. The molecule has 2 aromatic rings. The molecule has 0 aliphatic rings. The van der Waals surface area contributed by atoms with Gasteiger partial charge in [-0.05, 0) is 37.7 Å². The molecular formula is C11H13FN2S. The number of hydrogen-bond donors (Lipinski definition) is 1. The average molecular weight is 224 g/mol. The summed E-state index contributed by atoms with van der Waals surface area (Å²) in [5.74, 6) is -0.249. The van der Waals surface area contributed by atoms with Crippen molar-refractivity contribution in [3.63, 3.8) is 0 Å². The first kappa shape index (κ1) is 10.4. The summed E-state index contributed by atoms with van der Waals surface area (Å²) >= 11 is 5.20. The van der Waals surface area contributed by atoms with Crippen molar-refractivity contribution < 1.29 is 4.39 Å². The van der Waals surface area contributed by atoms with Crippen molar-refractivity contribution in [3.8, 4) is 0 Å². The molecule has 0 saturated carbocycles. The highest BCUT2D eigenvalue weighted by molar-refractivity contribution is 7.71. The number of H-pyrrole nitrogens is 1. The fourth-order valence-electron chi connectivity index (χ4n) is 1.73. The fourth-order valence-corrected chi connectivity index (χ4v) is 2.11. The Kier molecular flexibility index (Phi) is 2.61. The van der Waals surface area contributed by atoms with E-state index in [2.05, 4.69) is 18.8 Å². The molecule has 2 rings (SSSR count). The first-order valence-corrected chi connectivity index (χ1v) is 5.44. The number of benzene rings is 1. The van der Waals surface area contributed by atoms with Crippen molar-refractivity contribution in [2.45, 2.75) is 26.3 Å². The third kappa shape index (κ3) is 1.59. The number of hydrogen-bond acceptors (Lipinski definition) is 1. The SMILES string of the molecule is CCC(C)n1c(=S)[nH]c2c(F)cccc21. The highest BCUT2D eigenvalue weighted by atomic mass is 32.1. The smallest absolute Gasteiger partial charge is 0.178 e. The summed E-state index contributed by atoms with van der Waals surface area (Å²) in [6.45, 7) is 4.17. The monoisotopic (exact) mass is 224 g/mol. The Morgan fingerprint density at radius 3 is 2.93 bits per heavy atom. The minimum Gasteiger partial charge on any atom is -0.328 e. The second-order valence-electron chi connectivity index (χ2n) is 3.69. The predicted molar refractivity (Wildman–Crippen MR) is 62.1 cm³/mol. The van der Waals surface area contributed by atoms with E-state index in [0.717, 1.165) is 11.9 Å². The molecule has 0 aliphatic heterocycles. The van der Waals surface area contributed by atoms with Crippen molar-refractivity contribution in [1.29, 1.82) is 0 Å². The van der Waals surface area contributed by atoms with Gasteiger partial charge in [0.1, 0.15) is 11.3 Å². The Morgan fingerprint density at radius 2 is 2.27 bits per heavy atom. The van der Waals surface area contributed by atoms with Gasteiger partial charge in [0.2, 0.25) is 0 Å². The molecule has 1 heterocycles. The van der Waals surface area contributed by atoms with Gasteiger partial charge in [0.25, 0.3) is 0 Å². The number of nitrogens with one attached hydrogen (secondary N) is 1. The van der Waals surface area contributed by atoms with Crippen LogP contribution in [0.4, 0.5) is 4.39 Å². The van der Waals surface area contributed by atoms with E-state index in [-0.39, 0.29) is 11.9 Å². The van der Waals surface area contributed by atoms with E-state index in [4.69, 9.17) is 12.2 Å². The minimum atomic E-state index is -0.249. The lowest BCUT2D eigenvalue weighted by molar-refractivity contribution is 0.538. The molecule has 1 N–H and O–H groups in total. The maximum Gasteiger partial charge on any atom is 0.178 e. The number of halogens is 1. The van der Waals surface area contributed by atoms with Crippen LogP contribution in [-0.2, 0) is 0 Å². The summed E-state index contributed by atoms with van der Waals surface area (Å²) in [4.78, 5) is 2.91. The fraction of sp³-hybridized carbons (Fsp3) is 0.364. The summed E-state index contributed by atoms with van der Waals surface area (Å²) in [5, 5.41) is 0. The molecule has 1 aromatic heterocycles. The molecule has 0 fully saturated rings. The van der Waals surface area contributed by atoms with E-state index in [1.807, 2.05) is 10.6 Å². The van der Waals surface area contributed by atoms with Gasteiger partial charge in [-0.25, -0.2) is 4.39 Å². The zero-order chi connectivity index (χ0) is 11.0. The van der Waals surface area contributed by atoms with Crippen molar-refractivity contribution in [2.24, 2.45) is 0 Å². The van der Waals surface area contributed by atoms with Crippen LogP contribution in [0.5, 0.6) is 0 Å². The zero-order valence-corrected chi connectivity index (χ0v) is 9.57. The van der Waals surface area contributed by atoms with Gasteiger partial charge >= 0.3 is 0 Å². The van der Waals surface area contributed by atoms with Gasteiger partial charge in [0.15, 0.2) is 4.77 Å². The first-order valence-electron chi connectivity index (χ1n) is 5.04. The topological polar surface area (TPSA) is 20.7 Å². The van der Waals surface area contributed by atoms with Crippen molar-refractivity contribution in [2.75, 3.05) is 0 Å². The summed E-state index contributed by atoms with van der Waals surface area (Å²) in [5.41, 5.74) is 1.34. The summed E-state index contributed by atoms with van der Waals surface area (Å²) in [6, 6.07) is 5.32. The first-order chi connectivity index (χ1) is 7.15. The molecule has 0 spiro atoms. The highest BCUT2D eigenvalue weighted by Crippen LogP contribution is 2.22. The van der Waals surface area contributed by atoms with Gasteiger partial charge < -0.3 is 9.55 Å². The van der Waals surface area contributed by atoms with Crippen molar-refractivity contribution >= 4 is 23.3 Å². The standard InChI is InChI=1S/C11H13FN2S/c1-3-7(2)14-9-6-4-5-8(12)10(9)13-11(14)15/h4-7H,3H2,1-2H3,(H,13,15). The van der Waals surface area contributed by atoms with Crippen LogP contribution < -0.4 is 0 Å². The number of aromatic nitrogens is 2. The Labute approximate surface area is 92.7 Å². The second kappa shape index (κ2) is 3.77. The van der Waals surface area contributed by atoms with E-state index in [0.29, 0.717) is 10.3 Å². The Morgan fingerprint density at radius 1 is 1.53 bits per heavy atom. The normalized spacial score (nSPS) is 13.3. The number of nitrogens with zero attached hydrogens (tertiary/aromatic N) is 1. The number of fused-ring (bicyclic) bond motifs is 1. The molecule has 0 saturated heterocycles. The maximum absolute atomic E-state index is 13.5. The van der Waals surface area contributed by atoms with Crippen LogP contribution in [0.25, 0.3) is 11.0 Å². The van der Waals surface area contributed by atoms with Crippen molar-refractivity contribution in [3.05, 3.63) is 28.8 Å². The van der Waals surface area contributed by atoms with E-state index in [1.165, 1.54) is 6.07 Å². The lowest BCUT2D eigenvalue weighted by atomic mass is 10.2. The molecule has 1 aromatic carbocycles. The van der Waals surface area contributed by atoms with Crippen LogP contribution in [-0.4, -0.2) is 9.55 Å². The molecule has 1 unspecified atom stereocenters. The molecule has 80 valence electrons. The summed E-state index contributed by atoms with van der Waals surface area (Å²) in [6.07, 6.45) is 0.970. The minimum absolute atomic E-state index is 0.249. The Bertz CT molecular complexity index is 541. The molecule has 15 heavy (non-hydrogen) atoms. The maximum atomic E-state index is 13.5. The largest absolute Gasteiger partial charge is 0.328 e. The number of imidazole rings is 1. The number of aromatic amines is 1. The van der Waals surface area contributed by atoms with Crippen LogP contribution in [0.2, 0.25) is 0 Å². The van der Waals surface area contributed by atoms with Crippen LogP contribution >= 0.6 is 12.2 Å². The molecule has 2 nitrogen and oxygen atoms in total. The molecule has 0 radical (unpaired) electrons. The van der Waals surface area contributed by atoms with Gasteiger partial charge in [-0.1, -0.05) is 13.0 Å². The van der Waals surface area contributed by atoms with Crippen molar-refractivity contribution in [1.82, 2.24) is 9.55 Å². The van der Waals surface area contributed by atoms with E-state index in [9.17, 15) is 4.39 Å². The summed E-state index contributed by atoms with van der Waals surface area (Å²) < 4.78 is 16.0. The predicted octanol–water partition coefficient (Wildman–Crippen LogP) is 3.81. The number of para-hydroxylation sites is 1. The second-order valence-corrected chi connectivity index (χ2v) is 4.08. The van der Waals surface area contributed by atoms with Crippen LogP contribution in [0, 0.1) is 10.6 Å².